The SMILES string of the molecule is O=C(NCC(c1cccs1)N1CCCC1)c1occc1CSc1ccccc1. The van der Waals surface area contributed by atoms with Gasteiger partial charge in [0.2, 0.25) is 0 Å². The third-order valence-electron chi connectivity index (χ3n) is 5.00. The summed E-state index contributed by atoms with van der Waals surface area (Å²) in [5.41, 5.74) is 0.931. The number of carbonyl (C=O) groups is 1. The van der Waals surface area contributed by atoms with E-state index in [4.69, 9.17) is 4.42 Å². The molecule has 28 heavy (non-hydrogen) atoms. The maximum atomic E-state index is 12.8. The molecule has 0 bridgehead atoms. The average Bonchev–Trinajstić information content (AvgIpc) is 3.50. The number of amides is 1. The van der Waals surface area contributed by atoms with Gasteiger partial charge in [-0.05, 0) is 55.6 Å². The lowest BCUT2D eigenvalue weighted by Crippen LogP contribution is -2.36. The van der Waals surface area contributed by atoms with Crippen molar-refractivity contribution in [3.05, 3.63) is 76.4 Å². The van der Waals surface area contributed by atoms with Crippen molar-refractivity contribution in [2.24, 2.45) is 0 Å². The van der Waals surface area contributed by atoms with Crippen LogP contribution in [0.1, 0.15) is 39.9 Å². The Hall–Kier alpha value is -2.02. The predicted octanol–water partition coefficient (Wildman–Crippen LogP) is 5.20. The molecule has 1 aromatic carbocycles. The van der Waals surface area contributed by atoms with E-state index in [-0.39, 0.29) is 11.9 Å². The van der Waals surface area contributed by atoms with Gasteiger partial charge >= 0.3 is 0 Å². The van der Waals surface area contributed by atoms with Crippen molar-refractivity contribution in [2.75, 3.05) is 19.6 Å². The Morgan fingerprint density at radius 2 is 1.96 bits per heavy atom. The van der Waals surface area contributed by atoms with Crippen molar-refractivity contribution >= 4 is 29.0 Å². The number of likely N-dealkylation sites (tertiary alicyclic amines) is 1. The number of rotatable bonds is 8. The second-order valence-corrected chi connectivity index (χ2v) is 8.89. The van der Waals surface area contributed by atoms with Crippen molar-refractivity contribution in [1.29, 1.82) is 0 Å². The van der Waals surface area contributed by atoms with E-state index in [9.17, 15) is 4.79 Å². The molecule has 1 aliphatic rings. The third-order valence-corrected chi connectivity index (χ3v) is 7.03. The summed E-state index contributed by atoms with van der Waals surface area (Å²) in [4.78, 5) is 17.8. The van der Waals surface area contributed by atoms with Crippen LogP contribution in [0.5, 0.6) is 0 Å². The number of furan rings is 1. The van der Waals surface area contributed by atoms with Crippen LogP contribution >= 0.6 is 23.1 Å². The van der Waals surface area contributed by atoms with Crippen molar-refractivity contribution in [1.82, 2.24) is 10.2 Å². The molecule has 4 rings (SSSR count). The van der Waals surface area contributed by atoms with Gasteiger partial charge in [-0.15, -0.1) is 23.1 Å². The number of hydrogen-bond acceptors (Lipinski definition) is 5. The summed E-state index contributed by atoms with van der Waals surface area (Å²) in [6, 6.07) is 16.6. The van der Waals surface area contributed by atoms with Crippen molar-refractivity contribution in [3.63, 3.8) is 0 Å². The van der Waals surface area contributed by atoms with Gasteiger partial charge in [0.05, 0.1) is 12.3 Å². The summed E-state index contributed by atoms with van der Waals surface area (Å²) in [5, 5.41) is 5.21. The Bertz CT molecular complexity index is 871. The Morgan fingerprint density at radius 1 is 1.14 bits per heavy atom. The van der Waals surface area contributed by atoms with E-state index in [0.29, 0.717) is 18.1 Å². The van der Waals surface area contributed by atoms with Gasteiger partial charge in [-0.25, -0.2) is 0 Å². The van der Waals surface area contributed by atoms with Crippen LogP contribution in [0.2, 0.25) is 0 Å². The summed E-state index contributed by atoms with van der Waals surface area (Å²) in [6.07, 6.45) is 4.07. The average molecular weight is 413 g/mol. The molecule has 0 spiro atoms. The van der Waals surface area contributed by atoms with Crippen LogP contribution < -0.4 is 5.32 Å². The van der Waals surface area contributed by atoms with E-state index in [1.165, 1.54) is 22.6 Å². The zero-order chi connectivity index (χ0) is 19.2. The van der Waals surface area contributed by atoms with E-state index >= 15 is 0 Å². The first-order valence-corrected chi connectivity index (χ1v) is 11.5. The van der Waals surface area contributed by atoms with Crippen molar-refractivity contribution in [3.8, 4) is 0 Å². The van der Waals surface area contributed by atoms with E-state index in [0.717, 1.165) is 18.7 Å². The molecule has 3 heterocycles. The molecule has 2 aromatic heterocycles. The highest BCUT2D eigenvalue weighted by molar-refractivity contribution is 7.98. The molecule has 4 nitrogen and oxygen atoms in total. The minimum absolute atomic E-state index is 0.130. The first-order chi connectivity index (χ1) is 13.8. The van der Waals surface area contributed by atoms with E-state index < -0.39 is 0 Å². The van der Waals surface area contributed by atoms with E-state index in [1.54, 1.807) is 29.4 Å². The van der Waals surface area contributed by atoms with Crippen LogP contribution in [0.25, 0.3) is 0 Å². The highest BCUT2D eigenvalue weighted by atomic mass is 32.2. The number of hydrogen-bond donors (Lipinski definition) is 1. The zero-order valence-corrected chi connectivity index (χ0v) is 17.3. The van der Waals surface area contributed by atoms with Gasteiger partial charge in [0, 0.05) is 27.6 Å². The topological polar surface area (TPSA) is 45.5 Å². The molecular weight excluding hydrogens is 388 g/mol. The summed E-state index contributed by atoms with van der Waals surface area (Å²) >= 11 is 3.46. The monoisotopic (exact) mass is 412 g/mol. The fourth-order valence-electron chi connectivity index (χ4n) is 3.54. The van der Waals surface area contributed by atoms with Gasteiger partial charge in [0.1, 0.15) is 0 Å². The number of thioether (sulfide) groups is 1. The molecule has 0 saturated carbocycles. The first kappa shape index (κ1) is 19.3. The molecule has 146 valence electrons. The predicted molar refractivity (Wildman–Crippen MR) is 115 cm³/mol. The molecule has 1 fully saturated rings. The Labute approximate surface area is 173 Å². The van der Waals surface area contributed by atoms with E-state index in [1.807, 2.05) is 24.3 Å². The Kier molecular flexibility index (Phi) is 6.52. The van der Waals surface area contributed by atoms with Gasteiger partial charge in [0.25, 0.3) is 5.91 Å². The number of nitrogens with one attached hydrogen (secondary N) is 1. The molecule has 6 heteroatoms. The van der Waals surface area contributed by atoms with Gasteiger partial charge < -0.3 is 9.73 Å². The lowest BCUT2D eigenvalue weighted by Gasteiger charge is -2.26. The van der Waals surface area contributed by atoms with Crippen LogP contribution in [0.15, 0.2) is 69.5 Å². The normalized spacial score (nSPS) is 15.6. The molecule has 0 radical (unpaired) electrons. The standard InChI is InChI=1S/C22H24N2O2S2/c25-22(21-17(10-13-26-21)16-28-18-7-2-1-3-8-18)23-15-19(20-9-6-14-27-20)24-11-4-5-12-24/h1-3,6-10,13-14,19H,4-5,11-12,15-16H2,(H,23,25). The molecule has 1 aliphatic heterocycles. The number of nitrogens with zero attached hydrogens (tertiary/aromatic N) is 1. The molecule has 1 atom stereocenters. The molecule has 1 amide bonds. The Balaban J connectivity index is 1.38. The molecular formula is C22H24N2O2S2. The largest absolute Gasteiger partial charge is 0.459 e. The Morgan fingerprint density at radius 3 is 2.71 bits per heavy atom. The molecule has 1 saturated heterocycles. The van der Waals surface area contributed by atoms with Crippen LogP contribution in [0.4, 0.5) is 0 Å². The minimum atomic E-state index is -0.130. The van der Waals surface area contributed by atoms with Gasteiger partial charge in [0.15, 0.2) is 5.76 Å². The number of carbonyl (C=O) groups excluding carboxylic acids is 1. The maximum absolute atomic E-state index is 12.8. The number of thiophene rings is 1. The lowest BCUT2D eigenvalue weighted by atomic mass is 10.2. The van der Waals surface area contributed by atoms with Crippen LogP contribution in [-0.4, -0.2) is 30.4 Å². The third kappa shape index (κ3) is 4.69. The quantitative estimate of drug-likeness (QED) is 0.517. The van der Waals surface area contributed by atoms with Gasteiger partial charge in [-0.3, -0.25) is 9.69 Å². The van der Waals surface area contributed by atoms with Gasteiger partial charge in [-0.2, -0.15) is 0 Å². The number of benzene rings is 1. The second-order valence-electron chi connectivity index (χ2n) is 6.86. The maximum Gasteiger partial charge on any atom is 0.287 e. The zero-order valence-electron chi connectivity index (χ0n) is 15.7. The van der Waals surface area contributed by atoms with E-state index in [2.05, 4.69) is 39.9 Å². The minimum Gasteiger partial charge on any atom is -0.459 e. The molecule has 1 unspecified atom stereocenters. The molecule has 0 aliphatic carbocycles. The summed E-state index contributed by atoms with van der Waals surface area (Å²) in [6.45, 7) is 2.79. The molecule has 3 aromatic rings. The fraction of sp³-hybridized carbons (Fsp3) is 0.318. The summed E-state index contributed by atoms with van der Waals surface area (Å²) in [7, 11) is 0. The molecule has 1 N–H and O–H groups in total. The fourth-order valence-corrected chi connectivity index (χ4v) is 5.30. The lowest BCUT2D eigenvalue weighted by molar-refractivity contribution is 0.0909. The van der Waals surface area contributed by atoms with Crippen LogP contribution in [0.3, 0.4) is 0 Å². The second kappa shape index (κ2) is 9.45. The highest BCUT2D eigenvalue weighted by Crippen LogP contribution is 2.28. The summed E-state index contributed by atoms with van der Waals surface area (Å²) < 4.78 is 5.53. The van der Waals surface area contributed by atoms with Crippen LogP contribution in [-0.2, 0) is 5.75 Å². The van der Waals surface area contributed by atoms with Gasteiger partial charge in [-0.1, -0.05) is 24.3 Å². The van der Waals surface area contributed by atoms with Crippen LogP contribution in [0, 0.1) is 0 Å². The van der Waals surface area contributed by atoms with Crippen molar-refractivity contribution in [2.45, 2.75) is 29.5 Å². The highest BCUT2D eigenvalue weighted by Gasteiger charge is 2.25. The smallest absolute Gasteiger partial charge is 0.287 e. The van der Waals surface area contributed by atoms with Crippen molar-refractivity contribution < 1.29 is 9.21 Å². The first-order valence-electron chi connectivity index (χ1n) is 9.61. The summed E-state index contributed by atoms with van der Waals surface area (Å²) in [5.74, 6) is 1.01.